The molecule has 1 fully saturated rings. The monoisotopic (exact) mass is 184 g/mol. The molecule has 1 rings (SSSR count). The van der Waals surface area contributed by atoms with Crippen molar-refractivity contribution in [1.82, 2.24) is 10.2 Å². The molecule has 0 spiro atoms. The second-order valence-electron chi connectivity index (χ2n) is 5.18. The topological polar surface area (TPSA) is 15.3 Å². The lowest BCUT2D eigenvalue weighted by Gasteiger charge is -2.45. The lowest BCUT2D eigenvalue weighted by molar-refractivity contribution is 0.0606. The van der Waals surface area contributed by atoms with Gasteiger partial charge in [0.05, 0.1) is 0 Å². The minimum atomic E-state index is 0.414. The number of piperidine rings is 1. The van der Waals surface area contributed by atoms with Gasteiger partial charge < -0.3 is 10.2 Å². The molecule has 0 amide bonds. The second kappa shape index (κ2) is 3.97. The van der Waals surface area contributed by atoms with Gasteiger partial charge in [0.15, 0.2) is 0 Å². The molecular weight excluding hydrogens is 160 g/mol. The molecule has 0 aromatic heterocycles. The predicted octanol–water partition coefficient (Wildman–Crippen LogP) is 1.71. The highest BCUT2D eigenvalue weighted by molar-refractivity contribution is 4.91. The minimum absolute atomic E-state index is 0.414. The third-order valence-electron chi connectivity index (χ3n) is 3.34. The Morgan fingerprint density at radius 1 is 1.38 bits per heavy atom. The average molecular weight is 184 g/mol. The van der Waals surface area contributed by atoms with Crippen LogP contribution in [0.5, 0.6) is 0 Å². The van der Waals surface area contributed by atoms with Crippen molar-refractivity contribution in [3.05, 3.63) is 0 Å². The standard InChI is InChI=1S/C11H24N2/c1-9(2)13-7-6-10(12-5)11(3,4)8-13/h9-10,12H,6-8H2,1-5H3. The van der Waals surface area contributed by atoms with Gasteiger partial charge in [0.2, 0.25) is 0 Å². The number of nitrogens with one attached hydrogen (secondary N) is 1. The molecule has 0 radical (unpaired) electrons. The van der Waals surface area contributed by atoms with Crippen molar-refractivity contribution in [2.45, 2.75) is 46.2 Å². The molecule has 1 heterocycles. The third-order valence-corrected chi connectivity index (χ3v) is 3.34. The Kier molecular flexibility index (Phi) is 3.36. The zero-order valence-corrected chi connectivity index (χ0v) is 9.72. The molecule has 0 saturated carbocycles. The summed E-state index contributed by atoms with van der Waals surface area (Å²) in [6.45, 7) is 11.8. The van der Waals surface area contributed by atoms with Crippen molar-refractivity contribution in [1.29, 1.82) is 0 Å². The first-order valence-corrected chi connectivity index (χ1v) is 5.38. The van der Waals surface area contributed by atoms with Gasteiger partial charge >= 0.3 is 0 Å². The van der Waals surface area contributed by atoms with Gasteiger partial charge in [-0.1, -0.05) is 13.8 Å². The van der Waals surface area contributed by atoms with Crippen LogP contribution in [0.1, 0.15) is 34.1 Å². The Morgan fingerprint density at radius 3 is 2.38 bits per heavy atom. The molecule has 2 nitrogen and oxygen atoms in total. The third kappa shape index (κ3) is 2.44. The number of hydrogen-bond acceptors (Lipinski definition) is 2. The summed E-state index contributed by atoms with van der Waals surface area (Å²) >= 11 is 0. The molecule has 1 saturated heterocycles. The van der Waals surface area contributed by atoms with Gasteiger partial charge in [0.25, 0.3) is 0 Å². The fourth-order valence-electron chi connectivity index (χ4n) is 2.37. The van der Waals surface area contributed by atoms with Crippen LogP contribution in [0, 0.1) is 5.41 Å². The summed E-state index contributed by atoms with van der Waals surface area (Å²) in [5.41, 5.74) is 0.414. The number of rotatable bonds is 2. The van der Waals surface area contributed by atoms with Gasteiger partial charge in [-0.05, 0) is 39.3 Å². The van der Waals surface area contributed by atoms with Crippen molar-refractivity contribution >= 4 is 0 Å². The molecule has 78 valence electrons. The van der Waals surface area contributed by atoms with E-state index >= 15 is 0 Å². The van der Waals surface area contributed by atoms with E-state index in [1.54, 1.807) is 0 Å². The van der Waals surface area contributed by atoms with Crippen LogP contribution in [0.25, 0.3) is 0 Å². The quantitative estimate of drug-likeness (QED) is 0.703. The maximum absolute atomic E-state index is 3.43. The van der Waals surface area contributed by atoms with Crippen LogP contribution in [-0.2, 0) is 0 Å². The van der Waals surface area contributed by atoms with Crippen molar-refractivity contribution < 1.29 is 0 Å². The van der Waals surface area contributed by atoms with Gasteiger partial charge in [-0.15, -0.1) is 0 Å². The van der Waals surface area contributed by atoms with E-state index in [4.69, 9.17) is 0 Å². The Morgan fingerprint density at radius 2 is 2.00 bits per heavy atom. The molecule has 2 heteroatoms. The molecule has 0 aliphatic carbocycles. The molecule has 1 N–H and O–H groups in total. The van der Waals surface area contributed by atoms with Crippen molar-refractivity contribution in [2.24, 2.45) is 5.41 Å². The maximum atomic E-state index is 3.43. The number of nitrogens with zero attached hydrogens (tertiary/aromatic N) is 1. The Hall–Kier alpha value is -0.0800. The normalized spacial score (nSPS) is 29.5. The highest BCUT2D eigenvalue weighted by Crippen LogP contribution is 2.29. The molecule has 1 atom stereocenters. The van der Waals surface area contributed by atoms with Gasteiger partial charge in [-0.2, -0.15) is 0 Å². The van der Waals surface area contributed by atoms with Crippen LogP contribution in [-0.4, -0.2) is 37.1 Å². The van der Waals surface area contributed by atoms with E-state index in [-0.39, 0.29) is 0 Å². The van der Waals surface area contributed by atoms with Crippen LogP contribution in [0.15, 0.2) is 0 Å². The lowest BCUT2D eigenvalue weighted by atomic mass is 9.79. The molecule has 1 aliphatic heterocycles. The van der Waals surface area contributed by atoms with Gasteiger partial charge in [-0.3, -0.25) is 0 Å². The maximum Gasteiger partial charge on any atom is 0.0140 e. The average Bonchev–Trinajstić information content (AvgIpc) is 2.02. The second-order valence-corrected chi connectivity index (χ2v) is 5.18. The smallest absolute Gasteiger partial charge is 0.0140 e. The van der Waals surface area contributed by atoms with E-state index in [0.29, 0.717) is 17.5 Å². The van der Waals surface area contributed by atoms with Crippen LogP contribution in [0.4, 0.5) is 0 Å². The summed E-state index contributed by atoms with van der Waals surface area (Å²) in [5, 5.41) is 3.43. The summed E-state index contributed by atoms with van der Waals surface area (Å²) in [6.07, 6.45) is 1.28. The van der Waals surface area contributed by atoms with Gasteiger partial charge in [-0.25, -0.2) is 0 Å². The van der Waals surface area contributed by atoms with E-state index in [2.05, 4.69) is 45.0 Å². The van der Waals surface area contributed by atoms with E-state index in [1.807, 2.05) is 0 Å². The van der Waals surface area contributed by atoms with Gasteiger partial charge in [0, 0.05) is 18.6 Å². The minimum Gasteiger partial charge on any atom is -0.316 e. The zero-order valence-electron chi connectivity index (χ0n) is 9.72. The summed E-state index contributed by atoms with van der Waals surface area (Å²) < 4.78 is 0. The van der Waals surface area contributed by atoms with Gasteiger partial charge in [0.1, 0.15) is 0 Å². The number of hydrogen-bond donors (Lipinski definition) is 1. The predicted molar refractivity (Wildman–Crippen MR) is 58.0 cm³/mol. The molecule has 0 aromatic rings. The first-order valence-electron chi connectivity index (χ1n) is 5.38. The van der Waals surface area contributed by atoms with Crippen molar-refractivity contribution in [3.8, 4) is 0 Å². The van der Waals surface area contributed by atoms with E-state index in [1.165, 1.54) is 19.5 Å². The Labute approximate surface area is 82.7 Å². The first-order chi connectivity index (χ1) is 5.97. The fraction of sp³-hybridized carbons (Fsp3) is 1.00. The molecule has 13 heavy (non-hydrogen) atoms. The van der Waals surface area contributed by atoms with Crippen molar-refractivity contribution in [3.63, 3.8) is 0 Å². The highest BCUT2D eigenvalue weighted by atomic mass is 15.2. The first kappa shape index (κ1) is 11.0. The Bertz CT molecular complexity index is 163. The summed E-state index contributed by atoms with van der Waals surface area (Å²) in [4.78, 5) is 2.58. The van der Waals surface area contributed by atoms with E-state index in [0.717, 1.165) is 0 Å². The molecular formula is C11H24N2. The fourth-order valence-corrected chi connectivity index (χ4v) is 2.37. The molecule has 1 unspecified atom stereocenters. The largest absolute Gasteiger partial charge is 0.316 e. The lowest BCUT2D eigenvalue weighted by Crippen LogP contribution is -2.55. The highest BCUT2D eigenvalue weighted by Gasteiger charge is 2.35. The molecule has 0 aromatic carbocycles. The summed E-state index contributed by atoms with van der Waals surface area (Å²) in [5.74, 6) is 0. The summed E-state index contributed by atoms with van der Waals surface area (Å²) in [6, 6.07) is 1.37. The Balaban J connectivity index is 2.59. The van der Waals surface area contributed by atoms with E-state index in [9.17, 15) is 0 Å². The molecule has 0 bridgehead atoms. The molecule has 1 aliphatic rings. The van der Waals surface area contributed by atoms with Crippen LogP contribution < -0.4 is 5.32 Å². The van der Waals surface area contributed by atoms with E-state index < -0.39 is 0 Å². The number of likely N-dealkylation sites (tertiary alicyclic amines) is 1. The zero-order chi connectivity index (χ0) is 10.1. The van der Waals surface area contributed by atoms with Crippen LogP contribution in [0.2, 0.25) is 0 Å². The SMILES string of the molecule is CNC1CCN(C(C)C)CC1(C)C. The summed E-state index contributed by atoms with van der Waals surface area (Å²) in [7, 11) is 2.08. The van der Waals surface area contributed by atoms with Crippen LogP contribution >= 0.6 is 0 Å². The van der Waals surface area contributed by atoms with Crippen molar-refractivity contribution in [2.75, 3.05) is 20.1 Å². The van der Waals surface area contributed by atoms with Crippen LogP contribution in [0.3, 0.4) is 0 Å².